The van der Waals surface area contributed by atoms with Gasteiger partial charge in [-0.1, -0.05) is 26.0 Å². The summed E-state index contributed by atoms with van der Waals surface area (Å²) >= 11 is 1.79. The zero-order valence-electron chi connectivity index (χ0n) is 15.6. The average Bonchev–Trinajstić information content (AvgIpc) is 3.32. The van der Waals surface area contributed by atoms with Crippen LogP contribution in [0.3, 0.4) is 0 Å². The molecule has 0 saturated carbocycles. The Bertz CT molecular complexity index is 850. The molecule has 0 aliphatic carbocycles. The summed E-state index contributed by atoms with van der Waals surface area (Å²) in [6, 6.07) is 10.2. The molecule has 3 heterocycles. The molecule has 0 fully saturated rings. The molecule has 0 amide bonds. The van der Waals surface area contributed by atoms with Gasteiger partial charge in [0.05, 0.1) is 0 Å². The number of thiophene rings is 1. The van der Waals surface area contributed by atoms with Crippen LogP contribution in [-0.2, 0) is 11.8 Å². The summed E-state index contributed by atoms with van der Waals surface area (Å²) in [6.45, 7) is 6.16. The first kappa shape index (κ1) is 18.4. The van der Waals surface area contributed by atoms with E-state index in [0.29, 0.717) is 0 Å². The predicted molar refractivity (Wildman–Crippen MR) is 108 cm³/mol. The van der Waals surface area contributed by atoms with E-state index in [1.165, 1.54) is 4.88 Å². The molecule has 3 aromatic heterocycles. The fourth-order valence-electron chi connectivity index (χ4n) is 2.79. The Kier molecular flexibility index (Phi) is 5.88. The van der Waals surface area contributed by atoms with Gasteiger partial charge in [0.15, 0.2) is 11.6 Å². The molecule has 0 spiro atoms. The highest BCUT2D eigenvalue weighted by Crippen LogP contribution is 2.26. The van der Waals surface area contributed by atoms with E-state index in [1.807, 2.05) is 28.8 Å². The lowest BCUT2D eigenvalue weighted by atomic mass is 9.91. The van der Waals surface area contributed by atoms with Gasteiger partial charge in [-0.15, -0.1) is 21.5 Å². The first-order valence-corrected chi connectivity index (χ1v) is 9.75. The molecule has 0 aliphatic heterocycles. The van der Waals surface area contributed by atoms with Crippen LogP contribution in [0.4, 0.5) is 0 Å². The number of aliphatic imine (C=N–C) groups is 1. The van der Waals surface area contributed by atoms with Crippen LogP contribution in [0, 0.1) is 0 Å². The number of aryl methyl sites for hydroxylation is 1. The molecule has 7 heteroatoms. The number of pyridine rings is 1. The third kappa shape index (κ3) is 4.40. The molecular formula is C19H26N6S. The number of fused-ring (bicyclic) bond motifs is 1. The fraction of sp³-hybridized carbons (Fsp3) is 0.421. The minimum Gasteiger partial charge on any atom is -0.356 e. The lowest BCUT2D eigenvalue weighted by Gasteiger charge is -2.25. The minimum atomic E-state index is 0.0756. The molecule has 0 atom stereocenters. The number of rotatable bonds is 7. The van der Waals surface area contributed by atoms with Crippen molar-refractivity contribution in [3.63, 3.8) is 0 Å². The Morgan fingerprint density at radius 2 is 2.08 bits per heavy atom. The lowest BCUT2D eigenvalue weighted by Crippen LogP contribution is -2.43. The number of hydrogen-bond donors (Lipinski definition) is 2. The third-order valence-electron chi connectivity index (χ3n) is 4.36. The second-order valence-corrected chi connectivity index (χ2v) is 7.81. The largest absolute Gasteiger partial charge is 0.356 e. The molecule has 0 unspecified atom stereocenters. The van der Waals surface area contributed by atoms with Gasteiger partial charge < -0.3 is 10.6 Å². The predicted octanol–water partition coefficient (Wildman–Crippen LogP) is 2.87. The molecule has 26 heavy (non-hydrogen) atoms. The number of nitrogens with zero attached hydrogens (tertiary/aromatic N) is 4. The summed E-state index contributed by atoms with van der Waals surface area (Å²) in [4.78, 5) is 5.70. The van der Waals surface area contributed by atoms with Crippen molar-refractivity contribution >= 4 is 22.9 Å². The Labute approximate surface area is 158 Å². The maximum absolute atomic E-state index is 4.32. The molecule has 3 rings (SSSR count). The van der Waals surface area contributed by atoms with Crippen LogP contribution in [0.15, 0.2) is 46.9 Å². The SMILES string of the molecule is CN=C(NCCCc1nnc2ccccn12)NCC(C)(C)c1cccs1. The van der Waals surface area contributed by atoms with Crippen LogP contribution in [0.1, 0.15) is 31.0 Å². The first-order valence-electron chi connectivity index (χ1n) is 8.87. The molecular weight excluding hydrogens is 344 g/mol. The van der Waals surface area contributed by atoms with Gasteiger partial charge in [-0.25, -0.2) is 0 Å². The topological polar surface area (TPSA) is 66.6 Å². The van der Waals surface area contributed by atoms with E-state index >= 15 is 0 Å². The van der Waals surface area contributed by atoms with Gasteiger partial charge >= 0.3 is 0 Å². The van der Waals surface area contributed by atoms with E-state index in [9.17, 15) is 0 Å². The molecule has 2 N–H and O–H groups in total. The van der Waals surface area contributed by atoms with E-state index in [2.05, 4.69) is 57.2 Å². The third-order valence-corrected chi connectivity index (χ3v) is 5.60. The van der Waals surface area contributed by atoms with E-state index in [4.69, 9.17) is 0 Å². The van der Waals surface area contributed by atoms with Gasteiger partial charge in [0.25, 0.3) is 0 Å². The second-order valence-electron chi connectivity index (χ2n) is 6.86. The number of nitrogens with one attached hydrogen (secondary N) is 2. The molecule has 0 aromatic carbocycles. The van der Waals surface area contributed by atoms with E-state index < -0.39 is 0 Å². The fourth-order valence-corrected chi connectivity index (χ4v) is 3.64. The van der Waals surface area contributed by atoms with Crippen molar-refractivity contribution in [3.8, 4) is 0 Å². The average molecular weight is 371 g/mol. The quantitative estimate of drug-likeness (QED) is 0.381. The highest BCUT2D eigenvalue weighted by atomic mass is 32.1. The smallest absolute Gasteiger partial charge is 0.191 e. The van der Waals surface area contributed by atoms with Crippen LogP contribution in [-0.4, -0.2) is 40.7 Å². The first-order chi connectivity index (χ1) is 12.6. The van der Waals surface area contributed by atoms with Gasteiger partial charge in [-0.2, -0.15) is 0 Å². The number of guanidine groups is 1. The maximum Gasteiger partial charge on any atom is 0.191 e. The maximum atomic E-state index is 4.32. The summed E-state index contributed by atoms with van der Waals surface area (Å²) in [7, 11) is 1.81. The van der Waals surface area contributed by atoms with Crippen LogP contribution >= 0.6 is 11.3 Å². The highest BCUT2D eigenvalue weighted by Gasteiger charge is 2.21. The van der Waals surface area contributed by atoms with Crippen molar-refractivity contribution in [2.75, 3.05) is 20.1 Å². The number of aromatic nitrogens is 3. The normalized spacial score (nSPS) is 12.5. The molecule has 0 bridgehead atoms. The minimum absolute atomic E-state index is 0.0756. The van der Waals surface area contributed by atoms with Crippen LogP contribution in [0.25, 0.3) is 5.65 Å². The monoisotopic (exact) mass is 370 g/mol. The molecule has 0 aliphatic rings. The van der Waals surface area contributed by atoms with Crippen LogP contribution in [0.2, 0.25) is 0 Å². The molecule has 0 saturated heterocycles. The van der Waals surface area contributed by atoms with Crippen LogP contribution in [0.5, 0.6) is 0 Å². The Balaban J connectivity index is 1.44. The zero-order chi connectivity index (χ0) is 18.4. The molecule has 3 aromatic rings. The molecule has 138 valence electrons. The van der Waals surface area contributed by atoms with Gasteiger partial charge in [-0.3, -0.25) is 9.39 Å². The van der Waals surface area contributed by atoms with Crippen molar-refractivity contribution in [1.82, 2.24) is 25.2 Å². The second kappa shape index (κ2) is 8.31. The summed E-state index contributed by atoms with van der Waals surface area (Å²) < 4.78 is 2.04. The van der Waals surface area contributed by atoms with Gasteiger partial charge in [0, 0.05) is 43.0 Å². The zero-order valence-corrected chi connectivity index (χ0v) is 16.4. The summed E-state index contributed by atoms with van der Waals surface area (Å²) in [6.07, 6.45) is 3.84. The van der Waals surface area contributed by atoms with Crippen LogP contribution < -0.4 is 10.6 Å². The molecule has 0 radical (unpaired) electrons. The summed E-state index contributed by atoms with van der Waals surface area (Å²) in [5, 5.41) is 17.4. The van der Waals surface area contributed by atoms with Crippen molar-refractivity contribution in [3.05, 3.63) is 52.6 Å². The Morgan fingerprint density at radius 3 is 2.85 bits per heavy atom. The van der Waals surface area contributed by atoms with E-state index in [-0.39, 0.29) is 5.41 Å². The lowest BCUT2D eigenvalue weighted by molar-refractivity contribution is 0.518. The van der Waals surface area contributed by atoms with Gasteiger partial charge in [0.1, 0.15) is 5.82 Å². The van der Waals surface area contributed by atoms with Crippen molar-refractivity contribution in [2.24, 2.45) is 4.99 Å². The Hall–Kier alpha value is -2.41. The van der Waals surface area contributed by atoms with E-state index in [0.717, 1.165) is 43.4 Å². The van der Waals surface area contributed by atoms with Crippen molar-refractivity contribution in [1.29, 1.82) is 0 Å². The molecule has 6 nitrogen and oxygen atoms in total. The highest BCUT2D eigenvalue weighted by molar-refractivity contribution is 7.10. The van der Waals surface area contributed by atoms with Crippen molar-refractivity contribution < 1.29 is 0 Å². The summed E-state index contributed by atoms with van der Waals surface area (Å²) in [5.41, 5.74) is 0.968. The van der Waals surface area contributed by atoms with Gasteiger partial charge in [-0.05, 0) is 30.0 Å². The van der Waals surface area contributed by atoms with Gasteiger partial charge in [0.2, 0.25) is 0 Å². The Morgan fingerprint density at radius 1 is 1.19 bits per heavy atom. The number of hydrogen-bond acceptors (Lipinski definition) is 4. The van der Waals surface area contributed by atoms with Crippen molar-refractivity contribution in [2.45, 2.75) is 32.1 Å². The van der Waals surface area contributed by atoms with E-state index in [1.54, 1.807) is 18.4 Å². The standard InChI is InChI=1S/C19H26N6S/c1-19(2,15-8-7-13-26-15)14-22-18(20-3)21-11-6-10-17-24-23-16-9-4-5-12-25(16)17/h4-5,7-9,12-13H,6,10-11,14H2,1-3H3,(H2,20,21,22). The summed E-state index contributed by atoms with van der Waals surface area (Å²) in [5.74, 6) is 1.82.